The third-order valence-corrected chi connectivity index (χ3v) is 6.10. The van der Waals surface area contributed by atoms with Gasteiger partial charge >= 0.3 is 12.0 Å². The van der Waals surface area contributed by atoms with E-state index in [9.17, 15) is 9.59 Å². The number of urea groups is 1. The molecular formula is C27H32ClN5O4. The number of amides is 2. The molecule has 196 valence electrons. The van der Waals surface area contributed by atoms with Gasteiger partial charge < -0.3 is 30.3 Å². The molecule has 1 aromatic heterocycles. The largest absolute Gasteiger partial charge is 0.477 e. The second kappa shape index (κ2) is 12.4. The van der Waals surface area contributed by atoms with Gasteiger partial charge in [-0.1, -0.05) is 23.7 Å². The van der Waals surface area contributed by atoms with E-state index in [1.807, 2.05) is 59.3 Å². The van der Waals surface area contributed by atoms with E-state index in [4.69, 9.17) is 21.4 Å². The van der Waals surface area contributed by atoms with E-state index in [0.29, 0.717) is 28.8 Å². The molecule has 0 fully saturated rings. The molecule has 0 spiro atoms. The lowest BCUT2D eigenvalue weighted by molar-refractivity contribution is 0.0690. The number of carbonyl (C=O) groups is 2. The highest BCUT2D eigenvalue weighted by Crippen LogP contribution is 2.31. The number of halogens is 1. The number of carbonyl (C=O) groups excluding carboxylic acids is 1. The highest BCUT2D eigenvalue weighted by atomic mass is 35.5. The number of likely N-dealkylation sites (N-methyl/N-ethyl adjacent to an activating group) is 2. The van der Waals surface area contributed by atoms with E-state index in [2.05, 4.69) is 25.4 Å². The Morgan fingerprint density at radius 2 is 1.78 bits per heavy atom. The summed E-state index contributed by atoms with van der Waals surface area (Å²) in [6.07, 6.45) is 1.39. The van der Waals surface area contributed by atoms with Gasteiger partial charge in [0, 0.05) is 44.0 Å². The number of nitrogens with one attached hydrogen (secondary N) is 2. The second-order valence-electron chi connectivity index (χ2n) is 9.03. The number of benzene rings is 2. The molecule has 3 rings (SSSR count). The standard InChI is InChI=1S/C27H32ClN5O4/c1-17-13-22(24(15-21(17)28)33(5)11-10-32(3)4)31-27(36)30-16-19-6-7-25(18(2)12-19)37-20-8-9-29-23(14-20)26(34)35/h6-9,12-15H,10-11,16H2,1-5H3,(H,34,35)(H2,30,31,36). The van der Waals surface area contributed by atoms with Crippen LogP contribution in [0, 0.1) is 13.8 Å². The lowest BCUT2D eigenvalue weighted by atomic mass is 10.1. The number of nitrogens with zero attached hydrogens (tertiary/aromatic N) is 3. The normalized spacial score (nSPS) is 10.8. The smallest absolute Gasteiger partial charge is 0.354 e. The molecule has 0 aliphatic carbocycles. The summed E-state index contributed by atoms with van der Waals surface area (Å²) in [4.78, 5) is 31.8. The van der Waals surface area contributed by atoms with Crippen LogP contribution in [0.1, 0.15) is 27.2 Å². The van der Waals surface area contributed by atoms with Crippen LogP contribution in [0.4, 0.5) is 16.2 Å². The van der Waals surface area contributed by atoms with Crippen LogP contribution in [-0.4, -0.2) is 61.2 Å². The van der Waals surface area contributed by atoms with Crippen molar-refractivity contribution in [1.82, 2.24) is 15.2 Å². The number of aromatic nitrogens is 1. The van der Waals surface area contributed by atoms with E-state index in [-0.39, 0.29) is 11.7 Å². The number of hydrogen-bond donors (Lipinski definition) is 3. The SMILES string of the molecule is Cc1cc(NC(=O)NCc2ccc(Oc3ccnc(C(=O)O)c3)c(C)c2)c(N(C)CCN(C)C)cc1Cl. The molecule has 0 aliphatic heterocycles. The van der Waals surface area contributed by atoms with Gasteiger partial charge in [0.05, 0.1) is 11.4 Å². The van der Waals surface area contributed by atoms with E-state index in [1.165, 1.54) is 12.3 Å². The van der Waals surface area contributed by atoms with Gasteiger partial charge in [0.1, 0.15) is 11.5 Å². The number of hydrogen-bond acceptors (Lipinski definition) is 6. The van der Waals surface area contributed by atoms with Crippen molar-refractivity contribution in [3.05, 3.63) is 76.1 Å². The molecule has 0 bridgehead atoms. The molecule has 0 radical (unpaired) electrons. The molecule has 37 heavy (non-hydrogen) atoms. The summed E-state index contributed by atoms with van der Waals surface area (Å²) in [6, 6.07) is 11.9. The van der Waals surface area contributed by atoms with Gasteiger partial charge in [-0.25, -0.2) is 14.6 Å². The molecule has 1 heterocycles. The third kappa shape index (κ3) is 7.83. The second-order valence-corrected chi connectivity index (χ2v) is 9.44. The first kappa shape index (κ1) is 27.8. The summed E-state index contributed by atoms with van der Waals surface area (Å²) in [5.41, 5.74) is 4.02. The lowest BCUT2D eigenvalue weighted by Gasteiger charge is -2.25. The molecular weight excluding hydrogens is 494 g/mol. The maximum absolute atomic E-state index is 12.7. The molecule has 0 saturated heterocycles. The van der Waals surface area contributed by atoms with Gasteiger partial charge in [0.15, 0.2) is 5.69 Å². The number of ether oxygens (including phenoxy) is 1. The van der Waals surface area contributed by atoms with Crippen LogP contribution in [0.3, 0.4) is 0 Å². The monoisotopic (exact) mass is 525 g/mol. The fraction of sp³-hybridized carbons (Fsp3) is 0.296. The fourth-order valence-electron chi connectivity index (χ4n) is 3.56. The highest BCUT2D eigenvalue weighted by molar-refractivity contribution is 6.31. The Morgan fingerprint density at radius 3 is 2.46 bits per heavy atom. The van der Waals surface area contributed by atoms with Crippen molar-refractivity contribution in [1.29, 1.82) is 0 Å². The number of carboxylic acids is 1. The molecule has 0 saturated carbocycles. The third-order valence-electron chi connectivity index (χ3n) is 5.69. The molecule has 3 N–H and O–H groups in total. The maximum atomic E-state index is 12.7. The summed E-state index contributed by atoms with van der Waals surface area (Å²) < 4.78 is 5.83. The number of aryl methyl sites for hydroxylation is 2. The van der Waals surface area contributed by atoms with Crippen LogP contribution in [-0.2, 0) is 6.54 Å². The summed E-state index contributed by atoms with van der Waals surface area (Å²) in [5, 5.41) is 15.6. The number of aromatic carboxylic acids is 1. The van der Waals surface area contributed by atoms with Gasteiger partial charge in [0.2, 0.25) is 0 Å². The zero-order valence-electron chi connectivity index (χ0n) is 21.6. The van der Waals surface area contributed by atoms with Gasteiger partial charge in [0.25, 0.3) is 0 Å². The number of carboxylic acid groups (broad SMARTS) is 1. The number of pyridine rings is 1. The van der Waals surface area contributed by atoms with Crippen molar-refractivity contribution in [3.63, 3.8) is 0 Å². The minimum absolute atomic E-state index is 0.0927. The molecule has 0 aliphatic rings. The van der Waals surface area contributed by atoms with Gasteiger partial charge in [-0.3, -0.25) is 0 Å². The average Bonchev–Trinajstić information content (AvgIpc) is 2.85. The predicted molar refractivity (Wildman–Crippen MR) is 146 cm³/mol. The molecule has 0 unspecified atom stereocenters. The Balaban J connectivity index is 1.64. The van der Waals surface area contributed by atoms with Crippen molar-refractivity contribution >= 4 is 35.0 Å². The van der Waals surface area contributed by atoms with Crippen LogP contribution in [0.5, 0.6) is 11.5 Å². The minimum atomic E-state index is -1.12. The first-order valence-electron chi connectivity index (χ1n) is 11.7. The lowest BCUT2D eigenvalue weighted by Crippen LogP contribution is -2.31. The van der Waals surface area contributed by atoms with E-state index >= 15 is 0 Å². The van der Waals surface area contributed by atoms with Crippen LogP contribution >= 0.6 is 11.6 Å². The zero-order chi connectivity index (χ0) is 27.1. The molecule has 2 aromatic carbocycles. The molecule has 2 amide bonds. The first-order valence-corrected chi connectivity index (χ1v) is 12.1. The summed E-state index contributed by atoms with van der Waals surface area (Å²) in [6.45, 7) is 5.71. The Bertz CT molecular complexity index is 1280. The van der Waals surface area contributed by atoms with Crippen molar-refractivity contribution < 1.29 is 19.4 Å². The average molecular weight is 526 g/mol. The quantitative estimate of drug-likeness (QED) is 0.335. The number of anilines is 2. The van der Waals surface area contributed by atoms with Crippen molar-refractivity contribution in [3.8, 4) is 11.5 Å². The fourth-order valence-corrected chi connectivity index (χ4v) is 3.72. The van der Waals surface area contributed by atoms with E-state index < -0.39 is 5.97 Å². The van der Waals surface area contributed by atoms with Crippen molar-refractivity contribution in [2.45, 2.75) is 20.4 Å². The summed E-state index contributed by atoms with van der Waals surface area (Å²) >= 11 is 6.37. The Kier molecular flexibility index (Phi) is 9.32. The van der Waals surface area contributed by atoms with Gasteiger partial charge in [-0.15, -0.1) is 0 Å². The van der Waals surface area contributed by atoms with Gasteiger partial charge in [-0.2, -0.15) is 0 Å². The zero-order valence-corrected chi connectivity index (χ0v) is 22.4. The maximum Gasteiger partial charge on any atom is 0.354 e. The summed E-state index contributed by atoms with van der Waals surface area (Å²) in [7, 11) is 5.99. The summed E-state index contributed by atoms with van der Waals surface area (Å²) in [5.74, 6) is -0.161. The van der Waals surface area contributed by atoms with Crippen molar-refractivity contribution in [2.75, 3.05) is 44.4 Å². The molecule has 10 heteroatoms. The first-order chi connectivity index (χ1) is 17.5. The van der Waals surface area contributed by atoms with E-state index in [1.54, 1.807) is 12.1 Å². The Hall–Kier alpha value is -3.82. The van der Waals surface area contributed by atoms with Crippen LogP contribution in [0.25, 0.3) is 0 Å². The topological polar surface area (TPSA) is 107 Å². The Labute approximate surface area is 222 Å². The Morgan fingerprint density at radius 1 is 1.03 bits per heavy atom. The highest BCUT2D eigenvalue weighted by Gasteiger charge is 2.14. The van der Waals surface area contributed by atoms with Gasteiger partial charge in [-0.05, 0) is 68.9 Å². The minimum Gasteiger partial charge on any atom is -0.477 e. The molecule has 9 nitrogen and oxygen atoms in total. The van der Waals surface area contributed by atoms with Crippen molar-refractivity contribution in [2.24, 2.45) is 0 Å². The van der Waals surface area contributed by atoms with Crippen LogP contribution in [0.15, 0.2) is 48.7 Å². The predicted octanol–water partition coefficient (Wildman–Crippen LogP) is 5.16. The van der Waals surface area contributed by atoms with Crippen LogP contribution in [0.2, 0.25) is 5.02 Å². The van der Waals surface area contributed by atoms with E-state index in [0.717, 1.165) is 35.5 Å². The molecule has 0 atom stereocenters. The van der Waals surface area contributed by atoms with Crippen LogP contribution < -0.4 is 20.3 Å². The molecule has 3 aromatic rings. The number of rotatable bonds is 10.